The summed E-state index contributed by atoms with van der Waals surface area (Å²) in [6, 6.07) is 10.3. The largest absolute Gasteiger partial charge is 0.487 e. The highest BCUT2D eigenvalue weighted by molar-refractivity contribution is 9.08. The van der Waals surface area contributed by atoms with Crippen LogP contribution in [0.1, 0.15) is 11.1 Å². The fourth-order valence-corrected chi connectivity index (χ4v) is 2.51. The molecule has 0 N–H and O–H groups in total. The van der Waals surface area contributed by atoms with Gasteiger partial charge in [0.15, 0.2) is 0 Å². The Balaban J connectivity index is 2.21. The van der Waals surface area contributed by atoms with Crippen LogP contribution in [0, 0.1) is 5.82 Å². The molecule has 0 bridgehead atoms. The molecule has 0 aromatic heterocycles. The van der Waals surface area contributed by atoms with Gasteiger partial charge in [-0.25, -0.2) is 4.39 Å². The Kier molecular flexibility index (Phi) is 5.08. The first kappa shape index (κ1) is 14.6. The first-order valence-electron chi connectivity index (χ1n) is 5.52. The molecule has 0 saturated heterocycles. The van der Waals surface area contributed by atoms with E-state index in [4.69, 9.17) is 27.9 Å². The van der Waals surface area contributed by atoms with Gasteiger partial charge >= 0.3 is 0 Å². The lowest BCUT2D eigenvalue weighted by Crippen LogP contribution is -2.01. The molecule has 0 fully saturated rings. The van der Waals surface area contributed by atoms with Gasteiger partial charge in [-0.3, -0.25) is 0 Å². The second-order valence-electron chi connectivity index (χ2n) is 3.86. The van der Waals surface area contributed by atoms with Crippen LogP contribution in [0.3, 0.4) is 0 Å². The Hall–Kier alpha value is -0.770. The molecule has 1 nitrogen and oxygen atoms in total. The zero-order chi connectivity index (χ0) is 13.8. The summed E-state index contributed by atoms with van der Waals surface area (Å²) in [7, 11) is 0. The summed E-state index contributed by atoms with van der Waals surface area (Å²) in [4.78, 5) is 0. The highest BCUT2D eigenvalue weighted by Gasteiger charge is 2.11. The van der Waals surface area contributed by atoms with Crippen LogP contribution in [-0.4, -0.2) is 0 Å². The molecule has 0 amide bonds. The summed E-state index contributed by atoms with van der Waals surface area (Å²) in [5.74, 6) is 0.0945. The van der Waals surface area contributed by atoms with Gasteiger partial charge in [-0.2, -0.15) is 0 Å². The van der Waals surface area contributed by atoms with Gasteiger partial charge in [0.2, 0.25) is 0 Å². The molecule has 5 heteroatoms. The van der Waals surface area contributed by atoms with Crippen molar-refractivity contribution >= 4 is 39.1 Å². The van der Waals surface area contributed by atoms with E-state index in [1.807, 2.05) is 12.1 Å². The molecule has 0 unspecified atom stereocenters. The number of rotatable bonds is 4. The third-order valence-corrected chi connectivity index (χ3v) is 3.79. The Morgan fingerprint density at radius 3 is 2.32 bits per heavy atom. The van der Waals surface area contributed by atoms with Gasteiger partial charge in [-0.1, -0.05) is 63.4 Å². The van der Waals surface area contributed by atoms with Crippen molar-refractivity contribution in [3.05, 3.63) is 63.4 Å². The van der Waals surface area contributed by atoms with Gasteiger partial charge in [-0.15, -0.1) is 0 Å². The van der Waals surface area contributed by atoms with Crippen molar-refractivity contribution in [2.24, 2.45) is 0 Å². The molecule has 0 heterocycles. The van der Waals surface area contributed by atoms with Gasteiger partial charge in [-0.05, 0) is 12.1 Å². The van der Waals surface area contributed by atoms with Crippen LogP contribution >= 0.6 is 39.1 Å². The minimum Gasteiger partial charge on any atom is -0.487 e. The van der Waals surface area contributed by atoms with Crippen molar-refractivity contribution in [1.29, 1.82) is 0 Å². The van der Waals surface area contributed by atoms with Crippen molar-refractivity contribution in [1.82, 2.24) is 0 Å². The van der Waals surface area contributed by atoms with Crippen LogP contribution in [0.4, 0.5) is 4.39 Å². The molecule has 0 aliphatic heterocycles. The third kappa shape index (κ3) is 3.41. The summed E-state index contributed by atoms with van der Waals surface area (Å²) >= 11 is 15.2. The van der Waals surface area contributed by atoms with Crippen LogP contribution in [0.15, 0.2) is 36.4 Å². The molecule has 100 valence electrons. The van der Waals surface area contributed by atoms with E-state index < -0.39 is 5.82 Å². The number of alkyl halides is 1. The number of benzene rings is 2. The Morgan fingerprint density at radius 2 is 1.63 bits per heavy atom. The molecular weight excluding hydrogens is 354 g/mol. The fraction of sp³-hybridized carbons (Fsp3) is 0.143. The van der Waals surface area contributed by atoms with E-state index in [1.165, 1.54) is 6.07 Å². The van der Waals surface area contributed by atoms with Gasteiger partial charge < -0.3 is 4.74 Å². The smallest absolute Gasteiger partial charge is 0.148 e. The standard InChI is InChI=1S/C14H10BrCl2FO/c15-7-9-3-1-6-12(17)14(9)19-8-10-4-2-5-11(16)13(10)18/h1-6H,7-8H2. The van der Waals surface area contributed by atoms with Gasteiger partial charge in [0.1, 0.15) is 18.2 Å². The topological polar surface area (TPSA) is 9.23 Å². The van der Waals surface area contributed by atoms with E-state index in [1.54, 1.807) is 18.2 Å². The van der Waals surface area contributed by atoms with Gasteiger partial charge in [0.05, 0.1) is 10.0 Å². The molecule has 0 atom stereocenters. The lowest BCUT2D eigenvalue weighted by atomic mass is 10.2. The Morgan fingerprint density at radius 1 is 1.00 bits per heavy atom. The summed E-state index contributed by atoms with van der Waals surface area (Å²) < 4.78 is 19.4. The predicted octanol–water partition coefficient (Wildman–Crippen LogP) is 5.61. The van der Waals surface area contributed by atoms with Crippen LogP contribution < -0.4 is 4.74 Å². The summed E-state index contributed by atoms with van der Waals surface area (Å²) in [5, 5.41) is 1.20. The van der Waals surface area contributed by atoms with Crippen molar-refractivity contribution < 1.29 is 9.13 Å². The first-order valence-corrected chi connectivity index (χ1v) is 7.40. The molecule has 0 aliphatic carbocycles. The van der Waals surface area contributed by atoms with Crippen LogP contribution in [0.25, 0.3) is 0 Å². The van der Waals surface area contributed by atoms with Gasteiger partial charge in [0.25, 0.3) is 0 Å². The molecule has 2 rings (SSSR count). The van der Waals surface area contributed by atoms with E-state index in [0.29, 0.717) is 21.7 Å². The minimum atomic E-state index is -0.461. The van der Waals surface area contributed by atoms with E-state index in [2.05, 4.69) is 15.9 Å². The monoisotopic (exact) mass is 362 g/mol. The van der Waals surface area contributed by atoms with Crippen LogP contribution in [0.2, 0.25) is 10.0 Å². The summed E-state index contributed by atoms with van der Waals surface area (Å²) in [6.07, 6.45) is 0. The highest BCUT2D eigenvalue weighted by Crippen LogP contribution is 2.31. The maximum Gasteiger partial charge on any atom is 0.148 e. The number of hydrogen-bond acceptors (Lipinski definition) is 1. The molecule has 19 heavy (non-hydrogen) atoms. The normalized spacial score (nSPS) is 10.5. The minimum absolute atomic E-state index is 0.0795. The number of hydrogen-bond donors (Lipinski definition) is 0. The molecular formula is C14H10BrCl2FO. The lowest BCUT2D eigenvalue weighted by Gasteiger charge is -2.12. The average Bonchev–Trinajstić information content (AvgIpc) is 2.41. The lowest BCUT2D eigenvalue weighted by molar-refractivity contribution is 0.298. The quantitative estimate of drug-likeness (QED) is 0.642. The first-order chi connectivity index (χ1) is 9.13. The Labute approximate surface area is 129 Å². The molecule has 2 aromatic carbocycles. The van der Waals surface area contributed by atoms with E-state index in [0.717, 1.165) is 5.56 Å². The predicted molar refractivity (Wildman–Crippen MR) is 79.8 cm³/mol. The van der Waals surface area contributed by atoms with E-state index in [9.17, 15) is 4.39 Å². The van der Waals surface area contributed by atoms with E-state index >= 15 is 0 Å². The van der Waals surface area contributed by atoms with Crippen molar-refractivity contribution in [2.75, 3.05) is 0 Å². The van der Waals surface area contributed by atoms with Crippen molar-refractivity contribution in [2.45, 2.75) is 11.9 Å². The zero-order valence-corrected chi connectivity index (χ0v) is 12.9. The van der Waals surface area contributed by atoms with Crippen molar-refractivity contribution in [3.63, 3.8) is 0 Å². The van der Waals surface area contributed by atoms with Crippen molar-refractivity contribution in [3.8, 4) is 5.75 Å². The fourth-order valence-electron chi connectivity index (χ4n) is 1.63. The second-order valence-corrected chi connectivity index (χ2v) is 5.24. The second kappa shape index (κ2) is 6.60. The maximum absolute atomic E-state index is 13.7. The maximum atomic E-state index is 13.7. The molecule has 0 radical (unpaired) electrons. The highest BCUT2D eigenvalue weighted by atomic mass is 79.9. The molecule has 2 aromatic rings. The number of para-hydroxylation sites is 1. The average molecular weight is 364 g/mol. The molecule has 0 spiro atoms. The van der Waals surface area contributed by atoms with Crippen LogP contribution in [-0.2, 0) is 11.9 Å². The summed E-state index contributed by atoms with van der Waals surface area (Å²) in [5.41, 5.74) is 1.31. The molecule has 0 saturated carbocycles. The SMILES string of the molecule is Fc1c(Cl)cccc1COc1c(Cl)cccc1CBr. The number of ether oxygens (including phenoxy) is 1. The number of halogens is 4. The van der Waals surface area contributed by atoms with Crippen LogP contribution in [0.5, 0.6) is 5.75 Å². The third-order valence-electron chi connectivity index (χ3n) is 2.60. The van der Waals surface area contributed by atoms with Gasteiger partial charge in [0, 0.05) is 16.5 Å². The molecule has 0 aliphatic rings. The summed E-state index contributed by atoms with van der Waals surface area (Å²) in [6.45, 7) is 0.0795. The Bertz CT molecular complexity index is 590. The zero-order valence-electron chi connectivity index (χ0n) is 9.80. The van der Waals surface area contributed by atoms with E-state index in [-0.39, 0.29) is 11.6 Å².